The highest BCUT2D eigenvalue weighted by atomic mass is 16.5. The lowest BCUT2D eigenvalue weighted by atomic mass is 10.00. The second kappa shape index (κ2) is 10.7. The molecule has 0 fully saturated rings. The van der Waals surface area contributed by atoms with E-state index in [0.29, 0.717) is 18.2 Å². The number of carboxylic acid groups (broad SMARTS) is 2. The Morgan fingerprint density at radius 2 is 1.82 bits per heavy atom. The highest BCUT2D eigenvalue weighted by molar-refractivity contribution is 5.89. The Hall–Kier alpha value is -2.58. The number of rotatable bonds is 5. The molecule has 2 aliphatic heterocycles. The van der Waals surface area contributed by atoms with E-state index in [4.69, 9.17) is 19.7 Å². The van der Waals surface area contributed by atoms with Crippen molar-refractivity contribution >= 4 is 17.6 Å². The zero-order valence-corrected chi connectivity index (χ0v) is 16.3. The quantitative estimate of drug-likeness (QED) is 0.644. The van der Waals surface area contributed by atoms with Crippen LogP contribution in [-0.2, 0) is 27.2 Å². The summed E-state index contributed by atoms with van der Waals surface area (Å²) in [5.41, 5.74) is 4.14. The fourth-order valence-corrected chi connectivity index (χ4v) is 3.34. The molecule has 154 valence electrons. The van der Waals surface area contributed by atoms with Gasteiger partial charge in [-0.15, -0.1) is 0 Å². The molecule has 0 saturated heterocycles. The number of methoxy groups -OCH3 is 1. The van der Waals surface area contributed by atoms with Crippen LogP contribution in [0.25, 0.3) is 0 Å². The number of carbonyl (C=O) groups is 2. The summed E-state index contributed by atoms with van der Waals surface area (Å²) in [5, 5.41) is 19.1. The van der Waals surface area contributed by atoms with Gasteiger partial charge in [0.15, 0.2) is 0 Å². The van der Waals surface area contributed by atoms with Crippen LogP contribution in [0.1, 0.15) is 18.1 Å². The van der Waals surface area contributed by atoms with E-state index in [-0.39, 0.29) is 0 Å². The number of carboxylic acids is 2. The lowest BCUT2D eigenvalue weighted by Gasteiger charge is -2.36. The van der Waals surface area contributed by atoms with E-state index < -0.39 is 11.9 Å². The topological polar surface area (TPSA) is 108 Å². The molecule has 0 radical (unpaired) electrons. The number of hydrogen-bond acceptors (Lipinski definition) is 6. The van der Waals surface area contributed by atoms with Crippen LogP contribution in [0.2, 0.25) is 0 Å². The fourth-order valence-electron chi connectivity index (χ4n) is 3.34. The smallest absolute Gasteiger partial charge is 0.328 e. The third-order valence-corrected chi connectivity index (χ3v) is 4.63. The fraction of sp³-hybridized carbons (Fsp3) is 0.500. The van der Waals surface area contributed by atoms with Crippen LogP contribution in [-0.4, -0.2) is 68.2 Å². The minimum Gasteiger partial charge on any atom is -0.490 e. The molecule has 8 heteroatoms. The first-order valence-electron chi connectivity index (χ1n) is 9.31. The summed E-state index contributed by atoms with van der Waals surface area (Å²) in [6.45, 7) is 6.80. The van der Waals surface area contributed by atoms with Gasteiger partial charge in [-0.25, -0.2) is 9.59 Å². The molecular weight excluding hydrogens is 364 g/mol. The van der Waals surface area contributed by atoms with Crippen molar-refractivity contribution in [3.63, 3.8) is 0 Å². The van der Waals surface area contributed by atoms with E-state index in [2.05, 4.69) is 29.3 Å². The minimum absolute atomic E-state index is 0.379. The largest absolute Gasteiger partial charge is 0.490 e. The van der Waals surface area contributed by atoms with Gasteiger partial charge in [0.2, 0.25) is 0 Å². The summed E-state index contributed by atoms with van der Waals surface area (Å²) in [5.74, 6) is -1.47. The number of benzene rings is 1. The second-order valence-corrected chi connectivity index (χ2v) is 6.69. The van der Waals surface area contributed by atoms with Crippen molar-refractivity contribution < 1.29 is 29.3 Å². The molecule has 0 bridgehead atoms. The van der Waals surface area contributed by atoms with Crippen molar-refractivity contribution in [2.75, 3.05) is 44.9 Å². The van der Waals surface area contributed by atoms with Crippen LogP contribution in [0.3, 0.4) is 0 Å². The number of ether oxygens (including phenoxy) is 2. The Morgan fingerprint density at radius 1 is 1.21 bits per heavy atom. The summed E-state index contributed by atoms with van der Waals surface area (Å²) in [4.78, 5) is 21.5. The predicted molar refractivity (Wildman–Crippen MR) is 105 cm³/mol. The van der Waals surface area contributed by atoms with Crippen LogP contribution in [0, 0.1) is 0 Å². The molecule has 3 rings (SSSR count). The van der Waals surface area contributed by atoms with Crippen LogP contribution in [0.5, 0.6) is 5.75 Å². The molecule has 0 aromatic heterocycles. The Kier molecular flexibility index (Phi) is 8.28. The van der Waals surface area contributed by atoms with Gasteiger partial charge in [-0.1, -0.05) is 0 Å². The SMILES string of the molecule is COCC(C)N1CCOc2cc3c(cc21)CCNCC3.O=C(O)/C=C/C(=O)O. The van der Waals surface area contributed by atoms with Gasteiger partial charge in [-0.05, 0) is 56.1 Å². The van der Waals surface area contributed by atoms with Gasteiger partial charge in [0.05, 0.1) is 18.8 Å². The van der Waals surface area contributed by atoms with Gasteiger partial charge in [0, 0.05) is 25.3 Å². The Morgan fingerprint density at radius 3 is 2.39 bits per heavy atom. The standard InChI is InChI=1S/C16H24N2O2.C4H4O4/c1-12(11-19-2)18-7-8-20-16-10-14-4-6-17-5-3-13(14)9-15(16)18;5-3(6)1-2-4(7)8/h9-10,12,17H,3-8,11H2,1-2H3;1-2H,(H,5,6)(H,7,8)/b;2-1+. The first kappa shape index (κ1) is 21.7. The lowest BCUT2D eigenvalue weighted by Crippen LogP contribution is -2.41. The van der Waals surface area contributed by atoms with E-state index in [1.807, 2.05) is 0 Å². The first-order valence-corrected chi connectivity index (χ1v) is 9.31. The molecule has 1 aromatic rings. The zero-order chi connectivity index (χ0) is 20.5. The molecule has 1 unspecified atom stereocenters. The summed E-state index contributed by atoms with van der Waals surface area (Å²) >= 11 is 0. The van der Waals surface area contributed by atoms with Crippen LogP contribution in [0.15, 0.2) is 24.3 Å². The molecule has 3 N–H and O–H groups in total. The highest BCUT2D eigenvalue weighted by Crippen LogP contribution is 2.36. The molecular formula is C20H28N2O6. The molecule has 8 nitrogen and oxygen atoms in total. The predicted octanol–water partition coefficient (Wildman–Crippen LogP) is 1.32. The summed E-state index contributed by atoms with van der Waals surface area (Å²) < 4.78 is 11.2. The monoisotopic (exact) mass is 392 g/mol. The zero-order valence-electron chi connectivity index (χ0n) is 16.3. The Balaban J connectivity index is 0.000000300. The maximum absolute atomic E-state index is 9.55. The molecule has 0 aliphatic carbocycles. The molecule has 28 heavy (non-hydrogen) atoms. The Bertz CT molecular complexity index is 703. The van der Waals surface area contributed by atoms with Gasteiger partial charge in [0.25, 0.3) is 0 Å². The maximum Gasteiger partial charge on any atom is 0.328 e. The van der Waals surface area contributed by atoms with E-state index in [1.165, 1.54) is 16.8 Å². The number of hydrogen-bond donors (Lipinski definition) is 3. The molecule has 1 aromatic carbocycles. The van der Waals surface area contributed by atoms with Gasteiger partial charge < -0.3 is 29.9 Å². The number of aliphatic carboxylic acids is 2. The van der Waals surface area contributed by atoms with E-state index in [1.54, 1.807) is 7.11 Å². The first-order chi connectivity index (χ1) is 13.4. The average Bonchev–Trinajstić information content (AvgIpc) is 2.89. The molecule has 0 amide bonds. The average molecular weight is 392 g/mol. The molecule has 1 atom stereocenters. The van der Waals surface area contributed by atoms with Gasteiger partial charge in [-0.3, -0.25) is 0 Å². The van der Waals surface area contributed by atoms with Gasteiger partial charge in [-0.2, -0.15) is 0 Å². The molecule has 0 spiro atoms. The third-order valence-electron chi connectivity index (χ3n) is 4.63. The maximum atomic E-state index is 9.55. The number of nitrogens with zero attached hydrogens (tertiary/aromatic N) is 1. The third kappa shape index (κ3) is 6.24. The van der Waals surface area contributed by atoms with Crippen molar-refractivity contribution in [2.45, 2.75) is 25.8 Å². The van der Waals surface area contributed by atoms with Gasteiger partial charge >= 0.3 is 11.9 Å². The lowest BCUT2D eigenvalue weighted by molar-refractivity contribution is -0.134. The van der Waals surface area contributed by atoms with E-state index in [9.17, 15) is 9.59 Å². The number of fused-ring (bicyclic) bond motifs is 2. The van der Waals surface area contributed by atoms with Crippen molar-refractivity contribution in [3.8, 4) is 5.75 Å². The summed E-state index contributed by atoms with van der Waals surface area (Å²) in [6.07, 6.45) is 3.32. The van der Waals surface area contributed by atoms with Crippen LogP contribution >= 0.6 is 0 Å². The van der Waals surface area contributed by atoms with Gasteiger partial charge in [0.1, 0.15) is 12.4 Å². The number of nitrogens with one attached hydrogen (secondary N) is 1. The summed E-state index contributed by atoms with van der Waals surface area (Å²) in [7, 11) is 1.76. The van der Waals surface area contributed by atoms with Crippen LogP contribution in [0.4, 0.5) is 5.69 Å². The summed E-state index contributed by atoms with van der Waals surface area (Å²) in [6, 6.07) is 4.97. The normalized spacial score (nSPS) is 16.7. The van der Waals surface area contributed by atoms with Crippen molar-refractivity contribution in [3.05, 3.63) is 35.4 Å². The van der Waals surface area contributed by atoms with E-state index in [0.717, 1.165) is 51.4 Å². The Labute approximate surface area is 164 Å². The second-order valence-electron chi connectivity index (χ2n) is 6.69. The number of anilines is 1. The van der Waals surface area contributed by atoms with Crippen LogP contribution < -0.4 is 15.0 Å². The van der Waals surface area contributed by atoms with Crippen molar-refractivity contribution in [1.82, 2.24) is 5.32 Å². The highest BCUT2D eigenvalue weighted by Gasteiger charge is 2.24. The molecule has 2 heterocycles. The van der Waals surface area contributed by atoms with Crippen molar-refractivity contribution in [1.29, 1.82) is 0 Å². The van der Waals surface area contributed by atoms with Crippen molar-refractivity contribution in [2.24, 2.45) is 0 Å². The van der Waals surface area contributed by atoms with E-state index >= 15 is 0 Å². The minimum atomic E-state index is -1.26. The molecule has 2 aliphatic rings. The molecule has 0 saturated carbocycles.